The minimum Gasteiger partial charge on any atom is -0.365 e. The number of carbonyl (C=O) groups is 1. The van der Waals surface area contributed by atoms with Gasteiger partial charge in [-0.25, -0.2) is 8.78 Å². The van der Waals surface area contributed by atoms with Crippen LogP contribution in [0.15, 0.2) is 30.5 Å². The van der Waals surface area contributed by atoms with Gasteiger partial charge in [-0.3, -0.25) is 10.2 Å². The van der Waals surface area contributed by atoms with Gasteiger partial charge in [-0.15, -0.1) is 0 Å². The number of hydrogen-bond acceptors (Lipinski definition) is 2. The van der Waals surface area contributed by atoms with Crippen LogP contribution < -0.4 is 11.2 Å². The first-order valence-corrected chi connectivity index (χ1v) is 6.40. The summed E-state index contributed by atoms with van der Waals surface area (Å²) < 4.78 is 28.1. The van der Waals surface area contributed by atoms with Crippen molar-refractivity contribution in [2.24, 2.45) is 5.73 Å². The molecule has 0 saturated heterocycles. The van der Waals surface area contributed by atoms with Crippen LogP contribution >= 0.6 is 11.6 Å². The van der Waals surface area contributed by atoms with Crippen molar-refractivity contribution in [2.45, 2.75) is 13.0 Å². The summed E-state index contributed by atoms with van der Waals surface area (Å²) in [4.78, 5) is 11.3. The van der Waals surface area contributed by atoms with Crippen molar-refractivity contribution in [1.82, 2.24) is 4.57 Å². The zero-order chi connectivity index (χ0) is 15.7. The molecular weight excluding hydrogens is 300 g/mol. The molecule has 1 amide bonds. The fourth-order valence-electron chi connectivity index (χ4n) is 2.06. The maximum Gasteiger partial charge on any atom is 0.252 e. The molecule has 1 heterocycles. The molecule has 0 aliphatic heterocycles. The van der Waals surface area contributed by atoms with E-state index in [0.29, 0.717) is 0 Å². The van der Waals surface area contributed by atoms with Crippen molar-refractivity contribution in [2.75, 3.05) is 0 Å². The third kappa shape index (κ3) is 2.95. The smallest absolute Gasteiger partial charge is 0.252 e. The molecule has 2 rings (SSSR count). The Morgan fingerprint density at radius 3 is 2.62 bits per heavy atom. The lowest BCUT2D eigenvalue weighted by atomic mass is 10.1. The summed E-state index contributed by atoms with van der Waals surface area (Å²) in [5, 5.41) is 8.16. The maximum absolute atomic E-state index is 13.8. The molecule has 3 N–H and O–H groups in total. The van der Waals surface area contributed by atoms with Crippen LogP contribution in [0.25, 0.3) is 0 Å². The molecule has 1 aromatic heterocycles. The molecule has 2 aromatic rings. The molecule has 1 atom stereocenters. The molecule has 0 bridgehead atoms. The second-order valence-corrected chi connectivity index (χ2v) is 4.97. The van der Waals surface area contributed by atoms with Gasteiger partial charge in [-0.05, 0) is 19.1 Å². The van der Waals surface area contributed by atoms with Gasteiger partial charge in [0.25, 0.3) is 5.91 Å². The third-order valence-electron chi connectivity index (χ3n) is 3.15. The van der Waals surface area contributed by atoms with Gasteiger partial charge < -0.3 is 10.3 Å². The van der Waals surface area contributed by atoms with Crippen LogP contribution in [-0.4, -0.2) is 10.5 Å². The molecular formula is C14H12ClF2N3O. The largest absolute Gasteiger partial charge is 0.365 e. The van der Waals surface area contributed by atoms with Crippen molar-refractivity contribution >= 4 is 17.5 Å². The van der Waals surface area contributed by atoms with Crippen molar-refractivity contribution in [3.63, 3.8) is 0 Å². The molecule has 21 heavy (non-hydrogen) atoms. The monoisotopic (exact) mass is 311 g/mol. The van der Waals surface area contributed by atoms with Gasteiger partial charge >= 0.3 is 0 Å². The van der Waals surface area contributed by atoms with Gasteiger partial charge in [0.15, 0.2) is 0 Å². The number of nitrogens with zero attached hydrogens (tertiary/aromatic N) is 1. The summed E-state index contributed by atoms with van der Waals surface area (Å²) in [6.07, 6.45) is 1.39. The van der Waals surface area contributed by atoms with Gasteiger partial charge in [-0.2, -0.15) is 0 Å². The predicted molar refractivity (Wildman–Crippen MR) is 74.0 cm³/mol. The molecule has 1 unspecified atom stereocenters. The number of nitrogens with one attached hydrogen (secondary N) is 1. The van der Waals surface area contributed by atoms with E-state index in [2.05, 4.69) is 0 Å². The zero-order valence-corrected chi connectivity index (χ0v) is 11.8. The van der Waals surface area contributed by atoms with Gasteiger partial charge in [-0.1, -0.05) is 17.7 Å². The van der Waals surface area contributed by atoms with E-state index in [4.69, 9.17) is 22.7 Å². The van der Waals surface area contributed by atoms with Crippen LogP contribution in [-0.2, 0) is 0 Å². The fourth-order valence-corrected chi connectivity index (χ4v) is 2.28. The van der Waals surface area contributed by atoms with E-state index in [1.54, 1.807) is 6.92 Å². The lowest BCUT2D eigenvalue weighted by molar-refractivity contribution is 0.0997. The van der Waals surface area contributed by atoms with Crippen LogP contribution in [0.3, 0.4) is 0 Å². The number of aromatic nitrogens is 1. The third-order valence-corrected chi connectivity index (χ3v) is 3.36. The number of amides is 1. The van der Waals surface area contributed by atoms with Crippen molar-refractivity contribution < 1.29 is 13.6 Å². The minimum absolute atomic E-state index is 0.0723. The second kappa shape index (κ2) is 5.65. The topological polar surface area (TPSA) is 71.9 Å². The highest BCUT2D eigenvalue weighted by molar-refractivity contribution is 6.30. The van der Waals surface area contributed by atoms with E-state index in [9.17, 15) is 13.6 Å². The molecule has 110 valence electrons. The molecule has 1 aromatic carbocycles. The van der Waals surface area contributed by atoms with E-state index in [1.165, 1.54) is 22.9 Å². The zero-order valence-electron chi connectivity index (χ0n) is 11.0. The molecule has 0 radical (unpaired) electrons. The van der Waals surface area contributed by atoms with E-state index in [1.807, 2.05) is 0 Å². The highest BCUT2D eigenvalue weighted by Crippen LogP contribution is 2.22. The Morgan fingerprint density at radius 2 is 2.05 bits per heavy atom. The molecule has 0 aliphatic carbocycles. The average molecular weight is 312 g/mol. The number of rotatable bonds is 3. The van der Waals surface area contributed by atoms with Gasteiger partial charge in [0, 0.05) is 17.8 Å². The van der Waals surface area contributed by atoms with Crippen LogP contribution in [0.2, 0.25) is 5.02 Å². The van der Waals surface area contributed by atoms with Crippen molar-refractivity contribution in [3.8, 4) is 0 Å². The summed E-state index contributed by atoms with van der Waals surface area (Å²) in [5.74, 6) is -2.23. The van der Waals surface area contributed by atoms with Crippen LogP contribution in [0.5, 0.6) is 0 Å². The standard InChI is InChI=1S/C14H12ClF2N3O/c1-7(10-3-2-9(16)5-12(10)17)20-6-8(15)4-11(13(20)18)14(19)21/h2-7,18H,1H3,(H2,19,21). The van der Waals surface area contributed by atoms with Crippen molar-refractivity contribution in [3.05, 3.63) is 63.7 Å². The number of halogens is 3. The molecule has 4 nitrogen and oxygen atoms in total. The minimum atomic E-state index is -0.803. The Kier molecular flexibility index (Phi) is 4.09. The number of pyridine rings is 1. The Balaban J connectivity index is 2.61. The van der Waals surface area contributed by atoms with Gasteiger partial charge in [0.2, 0.25) is 0 Å². The van der Waals surface area contributed by atoms with E-state index in [0.717, 1.165) is 12.1 Å². The van der Waals surface area contributed by atoms with E-state index in [-0.39, 0.29) is 21.6 Å². The normalized spacial score (nSPS) is 12.2. The highest BCUT2D eigenvalue weighted by Gasteiger charge is 2.17. The van der Waals surface area contributed by atoms with E-state index < -0.39 is 23.6 Å². The Morgan fingerprint density at radius 1 is 1.38 bits per heavy atom. The van der Waals surface area contributed by atoms with Crippen molar-refractivity contribution in [1.29, 1.82) is 5.41 Å². The first-order chi connectivity index (χ1) is 9.81. The van der Waals surface area contributed by atoms with Gasteiger partial charge in [0.1, 0.15) is 17.1 Å². The molecule has 0 spiro atoms. The molecule has 0 aliphatic rings. The number of primary amides is 1. The quantitative estimate of drug-likeness (QED) is 0.898. The SMILES string of the molecule is CC(c1ccc(F)cc1F)n1cc(Cl)cc(C(N)=O)c1=N. The summed E-state index contributed by atoms with van der Waals surface area (Å²) in [6, 6.07) is 3.78. The lowest BCUT2D eigenvalue weighted by Crippen LogP contribution is -2.31. The van der Waals surface area contributed by atoms with Crippen LogP contribution in [0, 0.1) is 17.0 Å². The Labute approximate surface area is 124 Å². The lowest BCUT2D eigenvalue weighted by Gasteiger charge is -2.18. The summed E-state index contributed by atoms with van der Waals surface area (Å²) in [7, 11) is 0. The number of nitrogens with two attached hydrogens (primary N) is 1. The second-order valence-electron chi connectivity index (χ2n) is 4.53. The summed E-state index contributed by atoms with van der Waals surface area (Å²) in [6.45, 7) is 1.61. The highest BCUT2D eigenvalue weighted by atomic mass is 35.5. The summed E-state index contributed by atoms with van der Waals surface area (Å²) in [5.41, 5.74) is 5.10. The molecule has 7 heteroatoms. The first kappa shape index (κ1) is 15.2. The Bertz CT molecular complexity index is 773. The average Bonchev–Trinajstić information content (AvgIpc) is 2.40. The fraction of sp³-hybridized carbons (Fsp3) is 0.143. The Hall–Kier alpha value is -2.21. The predicted octanol–water partition coefficient (Wildman–Crippen LogP) is 2.61. The first-order valence-electron chi connectivity index (χ1n) is 6.02. The number of hydrogen-bond donors (Lipinski definition) is 2. The van der Waals surface area contributed by atoms with Crippen LogP contribution in [0.1, 0.15) is 28.9 Å². The van der Waals surface area contributed by atoms with Gasteiger partial charge in [0.05, 0.1) is 16.6 Å². The van der Waals surface area contributed by atoms with E-state index >= 15 is 0 Å². The maximum atomic E-state index is 13.8. The molecule has 0 fully saturated rings. The molecule has 0 saturated carbocycles. The number of benzene rings is 1. The summed E-state index contributed by atoms with van der Waals surface area (Å²) >= 11 is 5.90. The van der Waals surface area contributed by atoms with Crippen LogP contribution in [0.4, 0.5) is 8.78 Å². The number of carbonyl (C=O) groups excluding carboxylic acids is 1.